The standard InChI is InChI=1S/C21H28N2O3/c1-15(11-12-16-7-3-2-4-8-16)22-19(24)13-14-23-20(25)17-9-5-6-10-18(17)21(23)26/h2-4,7-8,15,17-18H,5-6,9-14H2,1H3,(H,22,24). The van der Waals surface area contributed by atoms with Crippen molar-refractivity contribution in [2.75, 3.05) is 6.54 Å². The second kappa shape index (κ2) is 8.47. The summed E-state index contributed by atoms with van der Waals surface area (Å²) < 4.78 is 0. The fourth-order valence-corrected chi connectivity index (χ4v) is 4.11. The molecule has 1 aromatic carbocycles. The van der Waals surface area contributed by atoms with Gasteiger partial charge in [-0.3, -0.25) is 19.3 Å². The Morgan fingerprint density at radius 2 is 1.73 bits per heavy atom. The molecule has 1 saturated carbocycles. The van der Waals surface area contributed by atoms with Gasteiger partial charge >= 0.3 is 0 Å². The molecule has 0 radical (unpaired) electrons. The molecule has 5 heteroatoms. The number of imide groups is 1. The summed E-state index contributed by atoms with van der Waals surface area (Å²) >= 11 is 0. The quantitative estimate of drug-likeness (QED) is 0.764. The van der Waals surface area contributed by atoms with Crippen molar-refractivity contribution >= 4 is 17.7 Å². The molecule has 3 amide bonds. The molecule has 1 N–H and O–H groups in total. The lowest BCUT2D eigenvalue weighted by atomic mass is 9.81. The van der Waals surface area contributed by atoms with Gasteiger partial charge in [-0.15, -0.1) is 0 Å². The summed E-state index contributed by atoms with van der Waals surface area (Å²) in [6.07, 6.45) is 5.63. The van der Waals surface area contributed by atoms with E-state index in [-0.39, 0.29) is 48.6 Å². The maximum Gasteiger partial charge on any atom is 0.233 e. The van der Waals surface area contributed by atoms with Crippen molar-refractivity contribution < 1.29 is 14.4 Å². The van der Waals surface area contributed by atoms with Crippen LogP contribution in [0.2, 0.25) is 0 Å². The number of hydrogen-bond acceptors (Lipinski definition) is 3. The highest BCUT2D eigenvalue weighted by atomic mass is 16.2. The Morgan fingerprint density at radius 1 is 1.12 bits per heavy atom. The van der Waals surface area contributed by atoms with Gasteiger partial charge in [0.2, 0.25) is 17.7 Å². The molecule has 3 unspecified atom stereocenters. The molecular weight excluding hydrogens is 328 g/mol. The summed E-state index contributed by atoms with van der Waals surface area (Å²) in [5, 5.41) is 2.98. The highest BCUT2D eigenvalue weighted by Crippen LogP contribution is 2.37. The Bertz CT molecular complexity index is 634. The number of amides is 3. The number of nitrogens with zero attached hydrogens (tertiary/aromatic N) is 1. The van der Waals surface area contributed by atoms with E-state index in [2.05, 4.69) is 17.4 Å². The number of carbonyl (C=O) groups excluding carboxylic acids is 3. The van der Waals surface area contributed by atoms with Gasteiger partial charge in [0.1, 0.15) is 0 Å². The van der Waals surface area contributed by atoms with E-state index in [0.29, 0.717) is 0 Å². The van der Waals surface area contributed by atoms with Crippen LogP contribution in [0.1, 0.15) is 51.0 Å². The monoisotopic (exact) mass is 356 g/mol. The lowest BCUT2D eigenvalue weighted by Gasteiger charge is -2.19. The van der Waals surface area contributed by atoms with Crippen molar-refractivity contribution in [3.63, 3.8) is 0 Å². The fraction of sp³-hybridized carbons (Fsp3) is 0.571. The average molecular weight is 356 g/mol. The zero-order chi connectivity index (χ0) is 18.5. The Balaban J connectivity index is 1.42. The molecule has 2 fully saturated rings. The van der Waals surface area contributed by atoms with Crippen molar-refractivity contribution in [2.24, 2.45) is 11.8 Å². The van der Waals surface area contributed by atoms with E-state index < -0.39 is 0 Å². The minimum atomic E-state index is -0.135. The summed E-state index contributed by atoms with van der Waals surface area (Å²) in [4.78, 5) is 38.4. The molecule has 5 nitrogen and oxygen atoms in total. The topological polar surface area (TPSA) is 66.5 Å². The van der Waals surface area contributed by atoms with Crippen molar-refractivity contribution in [2.45, 2.75) is 57.9 Å². The summed E-state index contributed by atoms with van der Waals surface area (Å²) in [6.45, 7) is 2.20. The number of rotatable bonds is 7. The van der Waals surface area contributed by atoms with Crippen molar-refractivity contribution in [3.05, 3.63) is 35.9 Å². The predicted molar refractivity (Wildman–Crippen MR) is 99.2 cm³/mol. The van der Waals surface area contributed by atoms with Gasteiger partial charge in [-0.05, 0) is 38.2 Å². The third kappa shape index (κ3) is 4.32. The number of aryl methyl sites for hydroxylation is 1. The first kappa shape index (κ1) is 18.6. The normalized spacial score (nSPS) is 23.7. The number of likely N-dealkylation sites (tertiary alicyclic amines) is 1. The Kier molecular flexibility index (Phi) is 6.07. The molecule has 1 aliphatic heterocycles. The lowest BCUT2D eigenvalue weighted by Crippen LogP contribution is -2.38. The summed E-state index contributed by atoms with van der Waals surface area (Å²) in [6, 6.07) is 10.2. The van der Waals surface area contributed by atoms with Crippen LogP contribution in [0.25, 0.3) is 0 Å². The van der Waals surface area contributed by atoms with Crippen LogP contribution in [-0.4, -0.2) is 35.2 Å². The van der Waals surface area contributed by atoms with Crippen molar-refractivity contribution in [1.29, 1.82) is 0 Å². The van der Waals surface area contributed by atoms with E-state index in [1.165, 1.54) is 10.5 Å². The number of nitrogens with one attached hydrogen (secondary N) is 1. The SMILES string of the molecule is CC(CCc1ccccc1)NC(=O)CCN1C(=O)C2CCCCC2C1=O. The first-order valence-corrected chi connectivity index (χ1v) is 9.75. The van der Waals surface area contributed by atoms with Crippen molar-refractivity contribution in [3.8, 4) is 0 Å². The molecule has 140 valence electrons. The van der Waals surface area contributed by atoms with Crippen LogP contribution in [-0.2, 0) is 20.8 Å². The molecule has 0 aromatic heterocycles. The minimum Gasteiger partial charge on any atom is -0.354 e. The number of hydrogen-bond donors (Lipinski definition) is 1. The van der Waals surface area contributed by atoms with Crippen LogP contribution >= 0.6 is 0 Å². The van der Waals surface area contributed by atoms with E-state index in [1.54, 1.807) is 0 Å². The second-order valence-electron chi connectivity index (χ2n) is 7.57. The summed E-state index contributed by atoms with van der Waals surface area (Å²) in [5.41, 5.74) is 1.25. The molecular formula is C21H28N2O3. The molecule has 0 bridgehead atoms. The second-order valence-corrected chi connectivity index (χ2v) is 7.57. The molecule has 1 aromatic rings. The van der Waals surface area contributed by atoms with Crippen LogP contribution in [0.3, 0.4) is 0 Å². The molecule has 1 aliphatic carbocycles. The highest BCUT2D eigenvalue weighted by Gasteiger charge is 2.47. The fourth-order valence-electron chi connectivity index (χ4n) is 4.11. The Hall–Kier alpha value is -2.17. The smallest absolute Gasteiger partial charge is 0.233 e. The zero-order valence-electron chi connectivity index (χ0n) is 15.4. The maximum absolute atomic E-state index is 12.4. The van der Waals surface area contributed by atoms with Gasteiger partial charge in [-0.1, -0.05) is 43.2 Å². The molecule has 0 spiro atoms. The van der Waals surface area contributed by atoms with Crippen LogP contribution in [0, 0.1) is 11.8 Å². The van der Waals surface area contributed by atoms with E-state index in [1.807, 2.05) is 25.1 Å². The van der Waals surface area contributed by atoms with Gasteiger partial charge in [-0.25, -0.2) is 0 Å². The first-order valence-electron chi connectivity index (χ1n) is 9.75. The highest BCUT2D eigenvalue weighted by molar-refractivity contribution is 6.05. The van der Waals surface area contributed by atoms with Gasteiger partial charge in [0.25, 0.3) is 0 Å². The van der Waals surface area contributed by atoms with Crippen molar-refractivity contribution in [1.82, 2.24) is 10.2 Å². The molecule has 1 saturated heterocycles. The van der Waals surface area contributed by atoms with E-state index >= 15 is 0 Å². The predicted octanol–water partition coefficient (Wildman–Crippen LogP) is 2.69. The van der Waals surface area contributed by atoms with Crippen LogP contribution in [0.5, 0.6) is 0 Å². The molecule has 26 heavy (non-hydrogen) atoms. The molecule has 1 heterocycles. The van der Waals surface area contributed by atoms with Gasteiger partial charge in [0.15, 0.2) is 0 Å². The van der Waals surface area contributed by atoms with Gasteiger partial charge in [0.05, 0.1) is 11.8 Å². The van der Waals surface area contributed by atoms with E-state index in [0.717, 1.165) is 38.5 Å². The van der Waals surface area contributed by atoms with Crippen LogP contribution in [0.4, 0.5) is 0 Å². The minimum absolute atomic E-state index is 0.0651. The van der Waals surface area contributed by atoms with E-state index in [4.69, 9.17) is 0 Å². The Morgan fingerprint density at radius 3 is 2.35 bits per heavy atom. The number of carbonyl (C=O) groups is 3. The molecule has 2 aliphatic rings. The van der Waals surface area contributed by atoms with Crippen LogP contribution in [0.15, 0.2) is 30.3 Å². The Labute approximate surface area is 155 Å². The maximum atomic E-state index is 12.4. The van der Waals surface area contributed by atoms with Gasteiger partial charge in [-0.2, -0.15) is 0 Å². The van der Waals surface area contributed by atoms with Gasteiger partial charge in [0, 0.05) is 19.0 Å². The average Bonchev–Trinajstić information content (AvgIpc) is 2.90. The zero-order valence-corrected chi connectivity index (χ0v) is 15.4. The molecule has 3 rings (SSSR count). The molecule has 3 atom stereocenters. The van der Waals surface area contributed by atoms with E-state index in [9.17, 15) is 14.4 Å². The van der Waals surface area contributed by atoms with Gasteiger partial charge < -0.3 is 5.32 Å². The number of benzene rings is 1. The van der Waals surface area contributed by atoms with Crippen LogP contribution < -0.4 is 5.32 Å². The largest absolute Gasteiger partial charge is 0.354 e. The third-order valence-corrected chi connectivity index (χ3v) is 5.61. The lowest BCUT2D eigenvalue weighted by molar-refractivity contribution is -0.140. The number of fused-ring (bicyclic) bond motifs is 1. The third-order valence-electron chi connectivity index (χ3n) is 5.61. The first-order chi connectivity index (χ1) is 12.6. The summed E-state index contributed by atoms with van der Waals surface area (Å²) in [7, 11) is 0. The summed E-state index contributed by atoms with van der Waals surface area (Å²) in [5.74, 6) is -0.497.